The van der Waals surface area contributed by atoms with E-state index in [-0.39, 0.29) is 11.6 Å². The number of anilines is 1. The molecule has 0 saturated carbocycles. The lowest BCUT2D eigenvalue weighted by molar-refractivity contribution is -0.138. The molecule has 1 aromatic carbocycles. The summed E-state index contributed by atoms with van der Waals surface area (Å²) in [5.74, 6) is -1.28. The van der Waals surface area contributed by atoms with E-state index in [1.165, 1.54) is 31.3 Å². The van der Waals surface area contributed by atoms with Crippen LogP contribution < -0.4 is 21.0 Å². The van der Waals surface area contributed by atoms with Crippen LogP contribution in [0.2, 0.25) is 0 Å². The summed E-state index contributed by atoms with van der Waals surface area (Å²) in [5.41, 5.74) is 2.09. The Balaban J connectivity index is 1.80. The molecule has 3 rings (SSSR count). The Morgan fingerprint density at radius 2 is 2.09 bits per heavy atom. The summed E-state index contributed by atoms with van der Waals surface area (Å²) in [6.45, 7) is 1.59. The van der Waals surface area contributed by atoms with Crippen LogP contribution in [0.15, 0.2) is 47.4 Å². The van der Waals surface area contributed by atoms with Gasteiger partial charge in [0.25, 0.3) is 0 Å². The van der Waals surface area contributed by atoms with Gasteiger partial charge in [-0.1, -0.05) is 18.2 Å². The van der Waals surface area contributed by atoms with E-state index in [1.807, 2.05) is 0 Å². The van der Waals surface area contributed by atoms with Crippen LogP contribution in [0, 0.1) is 0 Å². The van der Waals surface area contributed by atoms with Crippen LogP contribution in [0.4, 0.5) is 10.2 Å². The second kappa shape index (κ2) is 9.57. The van der Waals surface area contributed by atoms with Gasteiger partial charge in [0.05, 0.1) is 6.61 Å². The molecule has 180 valence electrons. The van der Waals surface area contributed by atoms with Crippen LogP contribution in [0.3, 0.4) is 0 Å². The third-order valence-electron chi connectivity index (χ3n) is 4.92. The van der Waals surface area contributed by atoms with Crippen LogP contribution >= 0.6 is 7.75 Å². The molecular weight excluding hydrogens is 462 g/mol. The first-order valence-electron chi connectivity index (χ1n) is 9.80. The first-order chi connectivity index (χ1) is 15.4. The average molecular weight is 486 g/mol. The van der Waals surface area contributed by atoms with Crippen molar-refractivity contribution in [1.82, 2.24) is 14.6 Å². The fourth-order valence-electron chi connectivity index (χ4n) is 3.13. The molecule has 5 N–H and O–H groups in total. The third kappa shape index (κ3) is 5.57. The molecule has 1 aliphatic heterocycles. The van der Waals surface area contributed by atoms with Crippen molar-refractivity contribution >= 4 is 19.5 Å². The fourth-order valence-corrected chi connectivity index (χ4v) is 4.64. The molecule has 2 aromatic rings. The number of ether oxygens (including phenoxy) is 1. The van der Waals surface area contributed by atoms with Gasteiger partial charge in [-0.05, 0) is 32.0 Å². The molecule has 6 atom stereocenters. The zero-order chi connectivity index (χ0) is 24.4. The Morgan fingerprint density at radius 3 is 2.70 bits per heavy atom. The molecule has 1 fully saturated rings. The first-order valence-corrected chi connectivity index (χ1v) is 11.3. The summed E-state index contributed by atoms with van der Waals surface area (Å²) in [4.78, 5) is 26.9. The number of carboxylic acids is 1. The van der Waals surface area contributed by atoms with Crippen LogP contribution in [0.1, 0.15) is 20.1 Å². The van der Waals surface area contributed by atoms with E-state index in [1.54, 1.807) is 18.2 Å². The predicted molar refractivity (Wildman–Crippen MR) is 113 cm³/mol. The number of aliphatic hydroxyl groups is 1. The Labute approximate surface area is 187 Å². The van der Waals surface area contributed by atoms with Gasteiger partial charge in [0.2, 0.25) is 0 Å². The maximum Gasteiger partial charge on any atom is 0.459 e. The molecule has 14 heteroatoms. The molecule has 2 heterocycles. The smallest absolute Gasteiger partial charge is 0.459 e. The fraction of sp³-hybridized carbons (Fsp3) is 0.421. The van der Waals surface area contributed by atoms with Crippen molar-refractivity contribution in [3.8, 4) is 5.75 Å². The number of hydrogen-bond donors (Lipinski definition) is 4. The number of benzene rings is 1. The van der Waals surface area contributed by atoms with Gasteiger partial charge in [-0.3, -0.25) is 13.9 Å². The van der Waals surface area contributed by atoms with Gasteiger partial charge >= 0.3 is 19.4 Å². The highest BCUT2D eigenvalue weighted by Crippen LogP contribution is 2.47. The van der Waals surface area contributed by atoms with Crippen LogP contribution in [-0.2, 0) is 18.6 Å². The number of nitrogen functional groups attached to an aromatic ring is 1. The molecule has 1 aromatic heterocycles. The Hall–Kier alpha value is -2.83. The van der Waals surface area contributed by atoms with Crippen LogP contribution in [0.5, 0.6) is 5.75 Å². The lowest BCUT2D eigenvalue weighted by Crippen LogP contribution is -2.43. The molecule has 0 bridgehead atoms. The number of nitrogens with one attached hydrogen (secondary N) is 1. The summed E-state index contributed by atoms with van der Waals surface area (Å²) in [5, 5.41) is 21.9. The zero-order valence-electron chi connectivity index (χ0n) is 17.7. The Bertz CT molecular complexity index is 1100. The monoisotopic (exact) mass is 486 g/mol. The number of para-hydroxylation sites is 1. The minimum absolute atomic E-state index is 0.0761. The topological polar surface area (TPSA) is 175 Å². The number of halogens is 1. The number of aliphatic carboxylic acids is 1. The maximum absolute atomic E-state index is 15.3. The zero-order valence-corrected chi connectivity index (χ0v) is 18.6. The lowest BCUT2D eigenvalue weighted by atomic mass is 9.98. The summed E-state index contributed by atoms with van der Waals surface area (Å²) in [6, 6.07) is 7.76. The number of nitrogens with zero attached hydrogens (tertiary/aromatic N) is 2. The quantitative estimate of drug-likeness (QED) is 0.373. The second-order valence-corrected chi connectivity index (χ2v) is 9.25. The van der Waals surface area contributed by atoms with Gasteiger partial charge in [-0.25, -0.2) is 13.8 Å². The van der Waals surface area contributed by atoms with E-state index >= 15 is 4.39 Å². The molecule has 0 unspecified atom stereocenters. The van der Waals surface area contributed by atoms with Gasteiger partial charge in [-0.2, -0.15) is 10.1 Å². The number of rotatable bonds is 9. The number of aliphatic hydroxyl groups excluding tert-OH is 1. The van der Waals surface area contributed by atoms with Crippen molar-refractivity contribution in [2.24, 2.45) is 0 Å². The van der Waals surface area contributed by atoms with Crippen molar-refractivity contribution in [2.45, 2.75) is 44.0 Å². The van der Waals surface area contributed by atoms with E-state index in [2.05, 4.69) is 10.1 Å². The Kier molecular flexibility index (Phi) is 7.20. The standard InChI is InChI=1S/C19H24FN4O8P/c1-11(16(26)27)23-33(29,32-12-6-4-3-5-7-12)30-10-13-15(25)19(2,20)17(31-13)24-9-8-14(21)22-18(24)28/h3-9,11,13,15,17,25H,10H2,1-2H3,(H,23,29)(H,26,27)(H2,21,22,28)/t11-,13+,15+,17+,19+,33+/m0/s1. The van der Waals surface area contributed by atoms with E-state index in [0.717, 1.165) is 11.5 Å². The summed E-state index contributed by atoms with van der Waals surface area (Å²) < 4.78 is 45.6. The van der Waals surface area contributed by atoms with E-state index < -0.39 is 56.2 Å². The molecule has 12 nitrogen and oxygen atoms in total. The number of carbonyl (C=O) groups is 1. The number of nitrogens with two attached hydrogens (primary N) is 1. The molecule has 33 heavy (non-hydrogen) atoms. The third-order valence-corrected chi connectivity index (χ3v) is 6.56. The van der Waals surface area contributed by atoms with E-state index in [4.69, 9.17) is 24.6 Å². The predicted octanol–water partition coefficient (Wildman–Crippen LogP) is 1.08. The minimum Gasteiger partial charge on any atom is -0.480 e. The number of aromatic nitrogens is 2. The molecule has 0 spiro atoms. The summed E-state index contributed by atoms with van der Waals surface area (Å²) >= 11 is 0. The highest BCUT2D eigenvalue weighted by atomic mass is 31.2. The van der Waals surface area contributed by atoms with Crippen molar-refractivity contribution < 1.29 is 37.7 Å². The van der Waals surface area contributed by atoms with Gasteiger partial charge < -0.3 is 25.2 Å². The van der Waals surface area contributed by atoms with Gasteiger partial charge in [0.1, 0.15) is 29.8 Å². The lowest BCUT2D eigenvalue weighted by Gasteiger charge is -2.25. The van der Waals surface area contributed by atoms with Crippen LogP contribution in [0.25, 0.3) is 0 Å². The first kappa shape index (κ1) is 24.8. The largest absolute Gasteiger partial charge is 0.480 e. The molecular formula is C19H24FN4O8P. The van der Waals surface area contributed by atoms with Crippen molar-refractivity contribution in [3.63, 3.8) is 0 Å². The van der Waals surface area contributed by atoms with Gasteiger partial charge in [-0.15, -0.1) is 0 Å². The van der Waals surface area contributed by atoms with E-state index in [9.17, 15) is 19.3 Å². The van der Waals surface area contributed by atoms with Crippen molar-refractivity contribution in [1.29, 1.82) is 0 Å². The van der Waals surface area contributed by atoms with Gasteiger partial charge in [0.15, 0.2) is 11.9 Å². The highest BCUT2D eigenvalue weighted by molar-refractivity contribution is 7.52. The molecule has 1 saturated heterocycles. The van der Waals surface area contributed by atoms with Crippen molar-refractivity contribution in [2.75, 3.05) is 12.3 Å². The number of hydrogen-bond acceptors (Lipinski definition) is 9. The highest BCUT2D eigenvalue weighted by Gasteiger charge is 2.56. The van der Waals surface area contributed by atoms with Crippen LogP contribution in [-0.4, -0.2) is 56.3 Å². The average Bonchev–Trinajstić information content (AvgIpc) is 2.96. The summed E-state index contributed by atoms with van der Waals surface area (Å²) in [6.07, 6.45) is -3.59. The van der Waals surface area contributed by atoms with Crippen molar-refractivity contribution in [3.05, 3.63) is 53.1 Å². The minimum atomic E-state index is -4.32. The Morgan fingerprint density at radius 1 is 1.42 bits per heavy atom. The molecule has 0 aliphatic carbocycles. The summed E-state index contributed by atoms with van der Waals surface area (Å²) in [7, 11) is -4.32. The van der Waals surface area contributed by atoms with Gasteiger partial charge in [0, 0.05) is 6.20 Å². The molecule has 1 aliphatic rings. The molecule has 0 radical (unpaired) electrons. The number of carboxylic acid groups (broad SMARTS) is 1. The normalized spacial score (nSPS) is 27.6. The molecule has 0 amide bonds. The number of alkyl halides is 1. The second-order valence-electron chi connectivity index (χ2n) is 7.55. The maximum atomic E-state index is 15.3. The SMILES string of the molecule is C[C@H](N[P@@](=O)(OC[C@H]1O[C@@H](n2ccc(N)nc2=O)[C@](C)(F)[C@@H]1O)Oc1ccccc1)C(=O)O. The van der Waals surface area contributed by atoms with E-state index in [0.29, 0.717) is 0 Å².